The van der Waals surface area contributed by atoms with Crippen molar-refractivity contribution in [2.75, 3.05) is 13.2 Å². The van der Waals surface area contributed by atoms with Gasteiger partial charge in [0.25, 0.3) is 0 Å². The molecule has 0 radical (unpaired) electrons. The van der Waals surface area contributed by atoms with Crippen LogP contribution in [0.15, 0.2) is 6.20 Å². The molecule has 0 aliphatic carbocycles. The van der Waals surface area contributed by atoms with Gasteiger partial charge in [-0.3, -0.25) is 4.79 Å². The summed E-state index contributed by atoms with van der Waals surface area (Å²) < 4.78 is 18.6. The van der Waals surface area contributed by atoms with Crippen molar-refractivity contribution in [2.24, 2.45) is 0 Å². The van der Waals surface area contributed by atoms with E-state index in [0.717, 1.165) is 12.8 Å². The maximum Gasteiger partial charge on any atom is 0.195 e. The number of aromatic nitrogens is 2. The molecule has 23 heavy (non-hydrogen) atoms. The molecule has 126 valence electrons. The molecule has 0 unspecified atom stereocenters. The lowest BCUT2D eigenvalue weighted by Gasteiger charge is -2.23. The highest BCUT2D eigenvalue weighted by Crippen LogP contribution is 2.29. The molecule has 0 bridgehead atoms. The summed E-state index contributed by atoms with van der Waals surface area (Å²) in [5.41, 5.74) is 0.531. The molecule has 1 atom stereocenters. The molecule has 6 nitrogen and oxygen atoms in total. The molecule has 0 saturated carbocycles. The summed E-state index contributed by atoms with van der Waals surface area (Å²) in [6, 6.07) is 0. The number of ether oxygens (including phenoxy) is 3. The summed E-state index contributed by atoms with van der Waals surface area (Å²) in [7, 11) is 0. The average molecular weight is 320 g/mol. The summed E-state index contributed by atoms with van der Waals surface area (Å²) >= 11 is 0. The van der Waals surface area contributed by atoms with E-state index in [0.29, 0.717) is 24.7 Å². The zero-order valence-electron chi connectivity index (χ0n) is 14.2. The van der Waals surface area contributed by atoms with Gasteiger partial charge < -0.3 is 18.8 Å². The highest BCUT2D eigenvalue weighted by Gasteiger charge is 2.37. The van der Waals surface area contributed by atoms with Crippen molar-refractivity contribution in [3.05, 3.63) is 17.7 Å². The lowest BCUT2D eigenvalue weighted by Crippen LogP contribution is -2.28. The summed E-state index contributed by atoms with van der Waals surface area (Å²) in [5, 5.41) is 0. The Hall–Kier alpha value is -1.68. The monoisotopic (exact) mass is 320 g/mol. The van der Waals surface area contributed by atoms with Crippen LogP contribution in [0.2, 0.25) is 0 Å². The third-order valence-corrected chi connectivity index (χ3v) is 3.82. The number of carbonyl (C=O) groups excluding carboxylic acids is 1. The first-order valence-corrected chi connectivity index (χ1v) is 8.02. The summed E-state index contributed by atoms with van der Waals surface area (Å²) in [6.45, 7) is 8.76. The van der Waals surface area contributed by atoms with E-state index in [9.17, 15) is 4.79 Å². The van der Waals surface area contributed by atoms with Crippen LogP contribution in [0.5, 0.6) is 0 Å². The molecule has 1 aromatic heterocycles. The van der Waals surface area contributed by atoms with Gasteiger partial charge in [-0.2, -0.15) is 0 Å². The van der Waals surface area contributed by atoms with Crippen LogP contribution in [0.25, 0.3) is 0 Å². The van der Waals surface area contributed by atoms with E-state index in [1.807, 2.05) is 20.8 Å². The zero-order valence-corrected chi connectivity index (χ0v) is 14.2. The Bertz CT molecular complexity index is 608. The lowest BCUT2D eigenvalue weighted by molar-refractivity contribution is -0.166. The number of carbonyl (C=O) groups is 1. The smallest absolute Gasteiger partial charge is 0.195 e. The van der Waals surface area contributed by atoms with Gasteiger partial charge in [-0.1, -0.05) is 19.8 Å². The van der Waals surface area contributed by atoms with E-state index in [4.69, 9.17) is 14.2 Å². The number of rotatable bonds is 6. The maximum absolute atomic E-state index is 11.6. The minimum absolute atomic E-state index is 0.116. The Morgan fingerprint density at radius 2 is 2.22 bits per heavy atom. The maximum atomic E-state index is 11.6. The van der Waals surface area contributed by atoms with E-state index >= 15 is 0 Å². The Morgan fingerprint density at radius 3 is 2.78 bits per heavy atom. The number of nitrogens with zero attached hydrogens (tertiary/aromatic N) is 2. The van der Waals surface area contributed by atoms with E-state index in [2.05, 4.69) is 16.8 Å². The first-order chi connectivity index (χ1) is 11.0. The fourth-order valence-electron chi connectivity index (χ4n) is 2.45. The topological polar surface area (TPSA) is 62.6 Å². The summed E-state index contributed by atoms with van der Waals surface area (Å²) in [6.07, 6.45) is 3.04. The first-order valence-electron chi connectivity index (χ1n) is 8.02. The third-order valence-electron chi connectivity index (χ3n) is 3.82. The van der Waals surface area contributed by atoms with Gasteiger partial charge in [0, 0.05) is 19.7 Å². The SMILES string of the molecule is CCOCn1cc(C#C[C@@H]2COC(CC)(CC)O2)nc1C(C)=O. The lowest BCUT2D eigenvalue weighted by atomic mass is 10.1. The Morgan fingerprint density at radius 1 is 1.48 bits per heavy atom. The molecule has 2 heterocycles. The minimum Gasteiger partial charge on any atom is -0.361 e. The van der Waals surface area contributed by atoms with Crippen molar-refractivity contribution in [1.82, 2.24) is 9.55 Å². The van der Waals surface area contributed by atoms with E-state index < -0.39 is 5.79 Å². The van der Waals surface area contributed by atoms with E-state index in [1.54, 1.807) is 10.8 Å². The standard InChI is InChI=1S/C17H24N2O4/c1-5-17(6-2)22-11-15(23-17)9-8-14-10-19(12-21-7-3)16(18-14)13(4)20/h10,15H,5-7,11-12H2,1-4H3/t15-/m1/s1. The summed E-state index contributed by atoms with van der Waals surface area (Å²) in [5.74, 6) is 5.72. The van der Waals surface area contributed by atoms with Crippen LogP contribution in [0, 0.1) is 11.8 Å². The molecule has 6 heteroatoms. The van der Waals surface area contributed by atoms with Gasteiger partial charge in [0.05, 0.1) is 6.61 Å². The van der Waals surface area contributed by atoms with Gasteiger partial charge in [0.2, 0.25) is 0 Å². The van der Waals surface area contributed by atoms with Gasteiger partial charge in [0.15, 0.2) is 17.4 Å². The molecule has 1 aliphatic heterocycles. The highest BCUT2D eigenvalue weighted by atomic mass is 16.7. The number of imidazole rings is 1. The van der Waals surface area contributed by atoms with Crippen LogP contribution in [0.1, 0.15) is 56.8 Å². The average Bonchev–Trinajstić information content (AvgIpc) is 3.15. The van der Waals surface area contributed by atoms with E-state index in [1.165, 1.54) is 6.92 Å². The van der Waals surface area contributed by atoms with Crippen LogP contribution in [0.4, 0.5) is 0 Å². The number of hydrogen-bond acceptors (Lipinski definition) is 5. The molecule has 1 saturated heterocycles. The molecular weight excluding hydrogens is 296 g/mol. The van der Waals surface area contributed by atoms with Gasteiger partial charge in [-0.05, 0) is 25.7 Å². The molecule has 0 N–H and O–H groups in total. The molecule has 0 aromatic carbocycles. The summed E-state index contributed by atoms with van der Waals surface area (Å²) in [4.78, 5) is 15.9. The largest absolute Gasteiger partial charge is 0.361 e. The van der Waals surface area contributed by atoms with Crippen LogP contribution < -0.4 is 0 Å². The number of ketones is 1. The van der Waals surface area contributed by atoms with Crippen LogP contribution in [0.3, 0.4) is 0 Å². The van der Waals surface area contributed by atoms with Crippen molar-refractivity contribution >= 4 is 5.78 Å². The van der Waals surface area contributed by atoms with Crippen molar-refractivity contribution in [3.63, 3.8) is 0 Å². The molecule has 0 spiro atoms. The van der Waals surface area contributed by atoms with Gasteiger partial charge in [-0.15, -0.1) is 0 Å². The highest BCUT2D eigenvalue weighted by molar-refractivity contribution is 5.90. The molecular formula is C17H24N2O4. The quantitative estimate of drug-likeness (QED) is 0.595. The Labute approximate surface area is 137 Å². The number of hydrogen-bond donors (Lipinski definition) is 0. The fraction of sp³-hybridized carbons (Fsp3) is 0.647. The molecule has 2 rings (SSSR count). The minimum atomic E-state index is -0.516. The first kappa shape index (κ1) is 17.7. The van der Waals surface area contributed by atoms with Crippen LogP contribution in [-0.2, 0) is 20.9 Å². The van der Waals surface area contributed by atoms with Crippen molar-refractivity contribution in [2.45, 2.75) is 59.2 Å². The van der Waals surface area contributed by atoms with Crippen LogP contribution >= 0.6 is 0 Å². The third kappa shape index (κ3) is 4.20. The molecule has 1 fully saturated rings. The second-order valence-corrected chi connectivity index (χ2v) is 5.40. The second kappa shape index (κ2) is 7.73. The van der Waals surface area contributed by atoms with Crippen molar-refractivity contribution in [1.29, 1.82) is 0 Å². The Balaban J connectivity index is 2.11. The normalized spacial score (nSPS) is 19.4. The van der Waals surface area contributed by atoms with Crippen molar-refractivity contribution in [3.8, 4) is 11.8 Å². The fourth-order valence-corrected chi connectivity index (χ4v) is 2.45. The van der Waals surface area contributed by atoms with E-state index in [-0.39, 0.29) is 18.6 Å². The van der Waals surface area contributed by atoms with Gasteiger partial charge >= 0.3 is 0 Å². The van der Waals surface area contributed by atoms with Crippen molar-refractivity contribution < 1.29 is 19.0 Å². The predicted molar refractivity (Wildman–Crippen MR) is 84.9 cm³/mol. The molecule has 0 amide bonds. The molecule has 1 aromatic rings. The number of Topliss-reactive ketones (excluding diaryl/α,β-unsaturated/α-hetero) is 1. The predicted octanol–water partition coefficient (Wildman–Crippen LogP) is 2.36. The zero-order chi connectivity index (χ0) is 16.9. The molecule has 1 aliphatic rings. The second-order valence-electron chi connectivity index (χ2n) is 5.40. The Kier molecular flexibility index (Phi) is 5.94. The van der Waals surface area contributed by atoms with Gasteiger partial charge in [0.1, 0.15) is 18.5 Å². The van der Waals surface area contributed by atoms with Gasteiger partial charge in [-0.25, -0.2) is 4.98 Å². The van der Waals surface area contributed by atoms with Crippen LogP contribution in [-0.4, -0.2) is 40.4 Å².